The van der Waals surface area contributed by atoms with Gasteiger partial charge in [0.15, 0.2) is 0 Å². The summed E-state index contributed by atoms with van der Waals surface area (Å²) < 4.78 is 0. The van der Waals surface area contributed by atoms with E-state index in [1.165, 1.54) is 0 Å². The third-order valence-electron chi connectivity index (χ3n) is 5.72. The number of carbonyl (C=O) groups is 2. The van der Waals surface area contributed by atoms with Crippen molar-refractivity contribution in [1.82, 2.24) is 4.98 Å². The Balaban J connectivity index is 0.00000193. The number of carbonyl (C=O) groups excluding carboxylic acids is 1. The molecule has 0 bridgehead atoms. The van der Waals surface area contributed by atoms with E-state index in [9.17, 15) is 9.59 Å². The number of fused-ring (bicyclic) bond motifs is 1. The van der Waals surface area contributed by atoms with Gasteiger partial charge in [-0.2, -0.15) is 0 Å². The number of aromatic carboxylic acids is 1. The van der Waals surface area contributed by atoms with Crippen LogP contribution in [0, 0.1) is 6.92 Å². The summed E-state index contributed by atoms with van der Waals surface area (Å²) in [6, 6.07) is 16.9. The van der Waals surface area contributed by atoms with Crippen molar-refractivity contribution in [2.75, 3.05) is 10.2 Å². The van der Waals surface area contributed by atoms with Crippen LogP contribution in [0.2, 0.25) is 0 Å². The van der Waals surface area contributed by atoms with E-state index in [0.29, 0.717) is 0 Å². The Bertz CT molecular complexity index is 1140. The van der Waals surface area contributed by atoms with Crippen molar-refractivity contribution in [1.29, 1.82) is 0 Å². The van der Waals surface area contributed by atoms with Gasteiger partial charge >= 0.3 is 24.8 Å². The fourth-order valence-corrected chi connectivity index (χ4v) is 4.20. The largest absolute Gasteiger partial charge is 1.00 e. The standard InChI is InChI=1S/C25H25N3O3.Li.H/c1-15-4-11-24(26-14-15)27-22-12-16(2)28(17(3)29)23-10-9-20(13-21(22)23)18-5-7-19(8-6-18)25(30)31;;/h4-11,13-14,16,22H,12H2,1-3H3,(H,26,27)(H,30,31);;/q;+1;-1/t16-,22+;;/m0../s1. The zero-order valence-corrected chi connectivity index (χ0v) is 18.8. The Hall–Kier alpha value is -3.07. The molecule has 2 atom stereocenters. The third-order valence-corrected chi connectivity index (χ3v) is 5.72. The zero-order chi connectivity index (χ0) is 22.1. The van der Waals surface area contributed by atoms with E-state index in [0.717, 1.165) is 40.2 Å². The van der Waals surface area contributed by atoms with Gasteiger partial charge in [-0.05, 0) is 72.9 Å². The fourth-order valence-electron chi connectivity index (χ4n) is 4.20. The summed E-state index contributed by atoms with van der Waals surface area (Å²) >= 11 is 0. The second-order valence-electron chi connectivity index (χ2n) is 8.05. The molecule has 160 valence electrons. The minimum Gasteiger partial charge on any atom is -1.00 e. The zero-order valence-electron chi connectivity index (χ0n) is 19.8. The topological polar surface area (TPSA) is 82.5 Å². The fraction of sp³-hybridized carbons (Fsp3) is 0.240. The van der Waals surface area contributed by atoms with Crippen molar-refractivity contribution in [3.8, 4) is 11.1 Å². The SMILES string of the molecule is CC(=O)N1c2ccc(-c3ccc(C(=O)O)cc3)cc2[C@H](Nc2ccc(C)cn2)C[C@@H]1C.[H-].[Li+]. The molecule has 0 saturated heterocycles. The Kier molecular flexibility index (Phi) is 7.08. The summed E-state index contributed by atoms with van der Waals surface area (Å²) in [6.45, 7) is 5.65. The minimum atomic E-state index is -0.946. The molecular formula is C25H26LiN3O3. The number of benzene rings is 2. The molecule has 4 rings (SSSR count). The van der Waals surface area contributed by atoms with Gasteiger partial charge < -0.3 is 16.7 Å². The molecule has 7 heteroatoms. The van der Waals surface area contributed by atoms with Crippen LogP contribution >= 0.6 is 0 Å². The summed E-state index contributed by atoms with van der Waals surface area (Å²) in [5, 5.41) is 12.7. The number of nitrogens with zero attached hydrogens (tertiary/aromatic N) is 2. The number of carboxylic acids is 1. The van der Waals surface area contributed by atoms with Crippen LogP contribution in [-0.4, -0.2) is 28.0 Å². The number of rotatable bonds is 4. The van der Waals surface area contributed by atoms with Crippen molar-refractivity contribution in [2.45, 2.75) is 39.3 Å². The minimum absolute atomic E-state index is 0. The summed E-state index contributed by atoms with van der Waals surface area (Å²) in [5.41, 5.74) is 5.16. The van der Waals surface area contributed by atoms with E-state index in [1.54, 1.807) is 19.1 Å². The molecule has 6 nitrogen and oxygen atoms in total. The van der Waals surface area contributed by atoms with Gasteiger partial charge in [-0.25, -0.2) is 9.78 Å². The summed E-state index contributed by atoms with van der Waals surface area (Å²) in [7, 11) is 0. The van der Waals surface area contributed by atoms with Crippen LogP contribution in [-0.2, 0) is 4.79 Å². The van der Waals surface area contributed by atoms with Crippen LogP contribution in [0.25, 0.3) is 11.1 Å². The maximum atomic E-state index is 12.4. The van der Waals surface area contributed by atoms with Gasteiger partial charge in [0.05, 0.1) is 11.6 Å². The molecule has 0 saturated carbocycles. The summed E-state index contributed by atoms with van der Waals surface area (Å²) in [4.78, 5) is 29.8. The Morgan fingerprint density at radius 1 is 1.09 bits per heavy atom. The van der Waals surface area contributed by atoms with Crippen LogP contribution in [0.5, 0.6) is 0 Å². The van der Waals surface area contributed by atoms with Crippen LogP contribution < -0.4 is 29.1 Å². The Labute approximate surface area is 201 Å². The first kappa shape index (κ1) is 23.6. The molecule has 2 N–H and O–H groups in total. The van der Waals surface area contributed by atoms with Gasteiger partial charge in [0, 0.05) is 24.8 Å². The van der Waals surface area contributed by atoms with Crippen LogP contribution in [0.1, 0.15) is 49.2 Å². The monoisotopic (exact) mass is 423 g/mol. The number of aryl methyl sites for hydroxylation is 1. The van der Waals surface area contributed by atoms with Crippen molar-refractivity contribution >= 4 is 23.4 Å². The number of carboxylic acid groups (broad SMARTS) is 1. The molecule has 2 heterocycles. The number of hydrogen-bond acceptors (Lipinski definition) is 4. The van der Waals surface area contributed by atoms with Crippen LogP contribution in [0.4, 0.5) is 11.5 Å². The van der Waals surface area contributed by atoms with Crippen molar-refractivity contribution in [2.24, 2.45) is 0 Å². The maximum absolute atomic E-state index is 12.4. The van der Waals surface area contributed by atoms with Crippen LogP contribution in [0.3, 0.4) is 0 Å². The van der Waals surface area contributed by atoms with E-state index in [-0.39, 0.29) is 43.8 Å². The number of anilines is 2. The van der Waals surface area contributed by atoms with Gasteiger partial charge in [0.1, 0.15) is 5.82 Å². The molecule has 1 aromatic heterocycles. The van der Waals surface area contributed by atoms with Gasteiger partial charge in [-0.1, -0.05) is 24.3 Å². The second-order valence-corrected chi connectivity index (χ2v) is 8.05. The Morgan fingerprint density at radius 3 is 2.38 bits per heavy atom. The first-order valence-electron chi connectivity index (χ1n) is 10.3. The maximum Gasteiger partial charge on any atom is 1.00 e. The molecular weight excluding hydrogens is 397 g/mol. The van der Waals surface area contributed by atoms with Crippen LogP contribution in [0.15, 0.2) is 60.8 Å². The smallest absolute Gasteiger partial charge is 1.00 e. The summed E-state index contributed by atoms with van der Waals surface area (Å²) in [5.74, 6) is -0.140. The molecule has 2 aromatic carbocycles. The van der Waals surface area contributed by atoms with E-state index < -0.39 is 5.97 Å². The molecule has 0 unspecified atom stereocenters. The molecule has 1 amide bonds. The van der Waals surface area contributed by atoms with E-state index >= 15 is 0 Å². The number of amides is 1. The van der Waals surface area contributed by atoms with Gasteiger partial charge in [-0.3, -0.25) is 4.79 Å². The van der Waals surface area contributed by atoms with E-state index in [2.05, 4.69) is 23.3 Å². The van der Waals surface area contributed by atoms with E-state index in [4.69, 9.17) is 5.11 Å². The van der Waals surface area contributed by atoms with Crippen molar-refractivity contribution < 1.29 is 35.0 Å². The molecule has 3 aromatic rings. The van der Waals surface area contributed by atoms with Gasteiger partial charge in [0.25, 0.3) is 0 Å². The molecule has 0 fully saturated rings. The molecule has 1 aliphatic heterocycles. The average molecular weight is 423 g/mol. The van der Waals surface area contributed by atoms with E-state index in [1.807, 2.05) is 54.4 Å². The number of hydrogen-bond donors (Lipinski definition) is 2. The molecule has 0 radical (unpaired) electrons. The van der Waals surface area contributed by atoms with Crippen molar-refractivity contribution in [3.63, 3.8) is 0 Å². The first-order valence-corrected chi connectivity index (χ1v) is 10.3. The summed E-state index contributed by atoms with van der Waals surface area (Å²) in [6.07, 6.45) is 2.58. The number of aromatic nitrogens is 1. The predicted octanol–water partition coefficient (Wildman–Crippen LogP) is 2.17. The van der Waals surface area contributed by atoms with Gasteiger partial charge in [-0.15, -0.1) is 0 Å². The third kappa shape index (κ3) is 4.72. The molecule has 32 heavy (non-hydrogen) atoms. The van der Waals surface area contributed by atoms with Gasteiger partial charge in [0.2, 0.25) is 5.91 Å². The molecule has 1 aliphatic rings. The average Bonchev–Trinajstić information content (AvgIpc) is 2.75. The second kappa shape index (κ2) is 9.60. The quantitative estimate of drug-likeness (QED) is 0.629. The molecule has 0 spiro atoms. The van der Waals surface area contributed by atoms with Crippen molar-refractivity contribution in [3.05, 3.63) is 77.5 Å². The molecule has 0 aliphatic carbocycles. The first-order chi connectivity index (χ1) is 14.8. The Morgan fingerprint density at radius 2 is 1.78 bits per heavy atom. The number of nitrogens with one attached hydrogen (secondary N) is 1. The predicted molar refractivity (Wildman–Crippen MR) is 123 cm³/mol. The number of pyridine rings is 1. The normalized spacial score (nSPS) is 17.2.